The Labute approximate surface area is 479 Å². The van der Waals surface area contributed by atoms with E-state index < -0.39 is 6.98 Å². The van der Waals surface area contributed by atoms with Crippen molar-refractivity contribution < 1.29 is 26.8 Å². The number of nitrogens with zero attached hydrogens (tertiary/aromatic N) is 15. The van der Waals surface area contributed by atoms with Crippen molar-refractivity contribution in [3.8, 4) is 51.0 Å². The van der Waals surface area contributed by atoms with Crippen LogP contribution in [0.4, 0.5) is 0 Å². The van der Waals surface area contributed by atoms with E-state index in [-0.39, 0.29) is 0 Å². The van der Waals surface area contributed by atoms with Crippen molar-refractivity contribution in [2.75, 3.05) is 0 Å². The fourth-order valence-electron chi connectivity index (χ4n) is 12.8. The van der Waals surface area contributed by atoms with Crippen LogP contribution >= 0.6 is 11.3 Å². The monoisotopic (exact) mass is 1100 g/mol. The van der Waals surface area contributed by atoms with Crippen LogP contribution in [0.2, 0.25) is 0 Å². The van der Waals surface area contributed by atoms with Crippen LogP contribution in [0.25, 0.3) is 117 Å². The summed E-state index contributed by atoms with van der Waals surface area (Å²) in [7, 11) is 0. The lowest BCUT2D eigenvalue weighted by atomic mass is 10.2. The molecule has 0 radical (unpaired) electrons. The first-order valence-electron chi connectivity index (χ1n) is 28.9. The molecule has 16 nitrogen and oxygen atoms in total. The second-order valence-electron chi connectivity index (χ2n) is 21.1. The van der Waals surface area contributed by atoms with Crippen LogP contribution in [0.1, 0.15) is 26.4 Å². The number of aryl methyl sites for hydroxylation is 1. The molecule has 4 aliphatic rings. The third-order valence-electron chi connectivity index (χ3n) is 16.5. The van der Waals surface area contributed by atoms with Crippen molar-refractivity contribution in [3.05, 3.63) is 242 Å². The Hall–Kier alpha value is -10.9. The molecule has 4 aliphatic heterocycles. The van der Waals surface area contributed by atoms with E-state index in [9.17, 15) is 0 Å². The number of aromatic nitrogens is 15. The summed E-state index contributed by atoms with van der Waals surface area (Å²) < 4.78 is 52.4. The van der Waals surface area contributed by atoms with Gasteiger partial charge in [0.1, 0.15) is 22.6 Å². The topological polar surface area (TPSA) is 121 Å². The summed E-state index contributed by atoms with van der Waals surface area (Å²) >= 11 is 1.84. The summed E-state index contributed by atoms with van der Waals surface area (Å²) in [5.41, 5.74) is 21.3. The number of rotatable bonds is 1. The van der Waals surface area contributed by atoms with Crippen LogP contribution in [0.15, 0.2) is 224 Å². The third kappa shape index (κ3) is 6.70. The molecule has 21 rings (SSSR count). The van der Waals surface area contributed by atoms with Gasteiger partial charge in [-0.15, -0.1) is 4.57 Å². The molecular weight excluding hydrogens is 1050 g/mol. The molecule has 20 heterocycles. The number of hydrogen-bond donors (Lipinski definition) is 0. The molecule has 0 unspecified atom stereocenters. The van der Waals surface area contributed by atoms with Gasteiger partial charge in [0.2, 0.25) is 16.6 Å². The lowest BCUT2D eigenvalue weighted by Crippen LogP contribution is -2.31. The largest absolute Gasteiger partial charge is 0.401 e. The van der Waals surface area contributed by atoms with Gasteiger partial charge in [0.25, 0.3) is 27.6 Å². The average molecular weight is 1100 g/mol. The van der Waals surface area contributed by atoms with Gasteiger partial charge in [0.15, 0.2) is 41.3 Å². The first-order chi connectivity index (χ1) is 42.3. The van der Waals surface area contributed by atoms with Gasteiger partial charge in [-0.05, 0) is 97.1 Å². The molecule has 83 heavy (non-hydrogen) atoms. The Kier molecular flexibility index (Phi) is 9.08. The molecule has 0 atom stereocenters. The number of thiazole rings is 1. The Balaban J connectivity index is 0.0000000871. The number of benzene rings is 1. The van der Waals surface area contributed by atoms with Crippen LogP contribution < -0.4 is 18.3 Å². The number of pyridine rings is 8. The predicted octanol–water partition coefficient (Wildman–Crippen LogP) is 10.4. The quantitative estimate of drug-likeness (QED) is 0.151. The summed E-state index contributed by atoms with van der Waals surface area (Å²) in [6.07, 6.45) is 21.9. The number of oxazole rings is 1. The smallest absolute Gasteiger partial charge is 0.394 e. The van der Waals surface area contributed by atoms with Crippen molar-refractivity contribution in [1.29, 1.82) is 0 Å². The molecule has 0 bridgehead atoms. The molecule has 0 saturated heterocycles. The zero-order valence-electron chi connectivity index (χ0n) is 47.1. The van der Waals surface area contributed by atoms with E-state index in [4.69, 9.17) is 13.5 Å². The highest BCUT2D eigenvalue weighted by molar-refractivity contribution is 7.22. The molecule has 394 valence electrons. The summed E-state index contributed by atoms with van der Waals surface area (Å²) in [6, 6.07) is 51.3. The zero-order valence-corrected chi connectivity index (χ0v) is 45.0. The second-order valence-corrected chi connectivity index (χ2v) is 22.1. The van der Waals surface area contributed by atoms with Gasteiger partial charge in [-0.3, -0.25) is 0 Å². The fourth-order valence-corrected chi connectivity index (χ4v) is 14.1. The van der Waals surface area contributed by atoms with Gasteiger partial charge in [-0.2, -0.15) is 14.1 Å². The van der Waals surface area contributed by atoms with E-state index in [0.717, 1.165) is 81.9 Å². The van der Waals surface area contributed by atoms with Gasteiger partial charge in [0, 0.05) is 54.5 Å². The minimum absolute atomic E-state index is 0.576. The maximum absolute atomic E-state index is 8.01. The maximum atomic E-state index is 8.01. The van der Waals surface area contributed by atoms with E-state index in [0.29, 0.717) is 29.4 Å². The van der Waals surface area contributed by atoms with Crippen LogP contribution in [-0.4, -0.2) is 51.7 Å². The highest BCUT2D eigenvalue weighted by Crippen LogP contribution is 2.39. The minimum atomic E-state index is -2.32. The van der Waals surface area contributed by atoms with Gasteiger partial charge < -0.3 is 17.6 Å². The van der Waals surface area contributed by atoms with E-state index in [2.05, 4.69) is 173 Å². The Bertz CT molecular complexity index is 5480. The summed E-state index contributed by atoms with van der Waals surface area (Å²) in [5, 5.41) is 1.28. The fraction of sp³-hybridized carbons (Fsp3) is 0.0758. The average Bonchev–Trinajstić information content (AvgIpc) is 1.64. The molecule has 0 N–H and O–H groups in total. The third-order valence-corrected chi connectivity index (χ3v) is 17.7. The van der Waals surface area contributed by atoms with Gasteiger partial charge in [-0.1, -0.05) is 65.9 Å². The van der Waals surface area contributed by atoms with Crippen LogP contribution in [0, 0.1) is 0 Å². The molecule has 1 aromatic carbocycles. The maximum Gasteiger partial charge on any atom is 0.401 e. The van der Waals surface area contributed by atoms with Crippen LogP contribution in [0.3, 0.4) is 0 Å². The van der Waals surface area contributed by atoms with Crippen molar-refractivity contribution in [3.63, 3.8) is 0 Å². The number of hydrogen-bond acceptors (Lipinski definition) is 7. The van der Waals surface area contributed by atoms with Gasteiger partial charge in [-0.25, -0.2) is 38.0 Å². The molecule has 0 spiro atoms. The Morgan fingerprint density at radius 2 is 1.11 bits per heavy atom. The highest BCUT2D eigenvalue weighted by Gasteiger charge is 2.40. The van der Waals surface area contributed by atoms with Crippen molar-refractivity contribution >= 4 is 77.2 Å². The zero-order chi connectivity index (χ0) is 56.9. The number of fused-ring (bicyclic) bond motifs is 28. The molecule has 0 amide bonds. The molecular formula is C66H47N15OS+4. The number of imidazole rings is 3. The minimum Gasteiger partial charge on any atom is -0.394 e. The van der Waals surface area contributed by atoms with Crippen molar-refractivity contribution in [1.82, 2.24) is 51.7 Å². The van der Waals surface area contributed by atoms with Crippen molar-refractivity contribution in [2.24, 2.45) is 6.98 Å². The predicted molar refractivity (Wildman–Crippen MR) is 316 cm³/mol. The van der Waals surface area contributed by atoms with Crippen molar-refractivity contribution in [2.45, 2.75) is 26.2 Å². The van der Waals surface area contributed by atoms with E-state index in [1.807, 2.05) is 112 Å². The Morgan fingerprint density at radius 3 is 1.89 bits per heavy atom. The summed E-state index contributed by atoms with van der Waals surface area (Å²) in [4.78, 5) is 22.7. The lowest BCUT2D eigenvalue weighted by Gasteiger charge is -2.02. The molecule has 17 aromatic rings. The SMILES string of the molecule is [2H]C([2H])([2H])[n+]1c2n(c3nc4ccccn4c31)Cc1cccnc1-2.c1ccc(-n2c3[n+](c4cn5ccccc5c42)Cc2cccnc2-3)cc1.c1cnc2c(c1)C[n+]1c-2oc2c3ccccn3cc21.c1cnc2c(c1)C[n+]1c-2sc2c3ccccn3cc21. The molecule has 0 fully saturated rings. The second kappa shape index (κ2) is 17.5. The number of para-hydroxylation sites is 1. The normalized spacial score (nSPS) is 13.6. The summed E-state index contributed by atoms with van der Waals surface area (Å²) in [5.74, 6) is 2.63. The molecule has 0 saturated carbocycles. The van der Waals surface area contributed by atoms with E-state index in [1.54, 1.807) is 6.20 Å². The van der Waals surface area contributed by atoms with E-state index >= 15 is 0 Å². The van der Waals surface area contributed by atoms with Gasteiger partial charge >= 0.3 is 11.7 Å². The van der Waals surface area contributed by atoms with Gasteiger partial charge in [0.05, 0.1) is 70.1 Å². The molecule has 0 aliphatic carbocycles. The van der Waals surface area contributed by atoms with Crippen LogP contribution in [-0.2, 0) is 33.2 Å². The lowest BCUT2D eigenvalue weighted by molar-refractivity contribution is -0.649. The van der Waals surface area contributed by atoms with E-state index in [1.165, 1.54) is 58.5 Å². The highest BCUT2D eigenvalue weighted by atomic mass is 32.1. The Morgan fingerprint density at radius 1 is 0.518 bits per heavy atom. The summed E-state index contributed by atoms with van der Waals surface area (Å²) in [6.45, 7) is 0.912. The standard InChI is InChI=1S/C21H15N4.C15H12N5.C15H10N3O.C15H10N3S/c1-2-8-16(9-3-1)25-20-17-10-4-5-12-23(17)14-18(20)24-13-15-7-6-11-22-19(15)21(24)25;1-18-14-12-10(5-4-7-16-12)9-20(14)13-15(18)19-8-3-2-6-11(19)17-13;2*1-2-7-17-9-12-14(11(17)5-1)19-15-13-10(8-18(12)15)4-3-6-16-13/h1-12,14H,13H2;2-8H,9H2,1H3;2*1-7,9H,8H2/q4*+1/i;1D3;;. The molecule has 17 heteroatoms. The first kappa shape index (κ1) is 43.0. The first-order valence-corrected chi connectivity index (χ1v) is 28.2. The molecule has 16 aromatic heterocycles. The van der Waals surface area contributed by atoms with Crippen LogP contribution in [0.5, 0.6) is 0 Å².